The molecular weight excluding hydrogens is 282 g/mol. The van der Waals surface area contributed by atoms with Crippen LogP contribution in [0.2, 0.25) is 0 Å². The van der Waals surface area contributed by atoms with Crippen molar-refractivity contribution in [2.45, 2.75) is 37.1 Å². The molecule has 7 nitrogen and oxygen atoms in total. The number of hydrogen-bond acceptors (Lipinski definition) is 5. The third-order valence-corrected chi connectivity index (χ3v) is 4.86. The molecule has 3 N–H and O–H groups in total. The Balaban J connectivity index is 2.28. The summed E-state index contributed by atoms with van der Waals surface area (Å²) in [4.78, 5) is 9.84. The third kappa shape index (κ3) is 3.26. The van der Waals surface area contributed by atoms with Crippen LogP contribution in [0, 0.1) is 16.0 Å². The van der Waals surface area contributed by atoms with Crippen LogP contribution < -0.4 is 10.5 Å². The third-order valence-electron chi connectivity index (χ3n) is 3.24. The van der Waals surface area contributed by atoms with Crippen molar-refractivity contribution in [2.24, 2.45) is 5.92 Å². The van der Waals surface area contributed by atoms with E-state index >= 15 is 0 Å². The van der Waals surface area contributed by atoms with E-state index in [1.54, 1.807) is 6.92 Å². The number of benzene rings is 1. The number of nitro benzene ring substituents is 1. The molecule has 0 heterocycles. The van der Waals surface area contributed by atoms with Crippen molar-refractivity contribution in [1.29, 1.82) is 0 Å². The van der Waals surface area contributed by atoms with Crippen LogP contribution in [0.1, 0.15) is 26.2 Å². The molecule has 1 aromatic rings. The molecule has 20 heavy (non-hydrogen) atoms. The quantitative estimate of drug-likeness (QED) is 0.470. The smallest absolute Gasteiger partial charge is 0.312 e. The molecule has 0 aliphatic heterocycles. The second-order valence-electron chi connectivity index (χ2n) is 5.15. The largest absolute Gasteiger partial charge is 0.393 e. The molecule has 0 bridgehead atoms. The number of nitrogens with zero attached hydrogens (tertiary/aromatic N) is 1. The first-order valence-electron chi connectivity index (χ1n) is 6.36. The van der Waals surface area contributed by atoms with E-state index in [0.29, 0.717) is 5.92 Å². The average molecular weight is 299 g/mol. The SMILES string of the molecule is CC(CC1CC1)NS(=O)(=O)c1cccc(N)c1[N+](=O)[O-]. The van der Waals surface area contributed by atoms with E-state index in [-0.39, 0.29) is 16.6 Å². The monoisotopic (exact) mass is 299 g/mol. The van der Waals surface area contributed by atoms with Gasteiger partial charge in [0.15, 0.2) is 4.90 Å². The highest BCUT2D eigenvalue weighted by Gasteiger charge is 2.31. The van der Waals surface area contributed by atoms with Crippen molar-refractivity contribution < 1.29 is 13.3 Å². The van der Waals surface area contributed by atoms with Gasteiger partial charge in [-0.2, -0.15) is 0 Å². The zero-order valence-electron chi connectivity index (χ0n) is 11.1. The summed E-state index contributed by atoms with van der Waals surface area (Å²) in [6.45, 7) is 1.76. The van der Waals surface area contributed by atoms with Gasteiger partial charge in [0.1, 0.15) is 5.69 Å². The van der Waals surface area contributed by atoms with Crippen LogP contribution in [0.25, 0.3) is 0 Å². The second kappa shape index (κ2) is 5.37. The summed E-state index contributed by atoms with van der Waals surface area (Å²) in [5.74, 6) is 0.559. The average Bonchev–Trinajstić information content (AvgIpc) is 3.11. The van der Waals surface area contributed by atoms with Gasteiger partial charge in [-0.3, -0.25) is 10.1 Å². The number of para-hydroxylation sites is 1. The normalized spacial score (nSPS) is 16.9. The number of hydrogen-bond donors (Lipinski definition) is 2. The zero-order valence-corrected chi connectivity index (χ0v) is 11.9. The second-order valence-corrected chi connectivity index (χ2v) is 6.83. The summed E-state index contributed by atoms with van der Waals surface area (Å²) in [5, 5.41) is 11.0. The Hall–Kier alpha value is -1.67. The Morgan fingerprint density at radius 1 is 1.50 bits per heavy atom. The molecular formula is C12H17N3O4S. The van der Waals surface area contributed by atoms with Gasteiger partial charge in [0.2, 0.25) is 10.0 Å². The van der Waals surface area contributed by atoms with Gasteiger partial charge < -0.3 is 5.73 Å². The molecule has 1 saturated carbocycles. The minimum atomic E-state index is -3.95. The fourth-order valence-corrected chi connectivity index (χ4v) is 3.64. The maximum atomic E-state index is 12.3. The number of nitrogens with two attached hydrogens (primary N) is 1. The Morgan fingerprint density at radius 2 is 2.15 bits per heavy atom. The maximum absolute atomic E-state index is 12.3. The Bertz CT molecular complexity index is 626. The molecule has 2 rings (SSSR count). The van der Waals surface area contributed by atoms with Gasteiger partial charge in [-0.05, 0) is 31.4 Å². The highest BCUT2D eigenvalue weighted by molar-refractivity contribution is 7.89. The van der Waals surface area contributed by atoms with Crippen LogP contribution in [-0.2, 0) is 10.0 Å². The Kier molecular flexibility index (Phi) is 3.96. The van der Waals surface area contributed by atoms with E-state index in [1.807, 2.05) is 0 Å². The number of anilines is 1. The lowest BCUT2D eigenvalue weighted by atomic mass is 10.2. The topological polar surface area (TPSA) is 115 Å². The molecule has 1 aromatic carbocycles. The fourth-order valence-electron chi connectivity index (χ4n) is 2.18. The van der Waals surface area contributed by atoms with Crippen molar-refractivity contribution in [1.82, 2.24) is 4.72 Å². The first-order valence-corrected chi connectivity index (χ1v) is 7.85. The zero-order chi connectivity index (χ0) is 14.9. The van der Waals surface area contributed by atoms with Gasteiger partial charge in [-0.25, -0.2) is 13.1 Å². The molecule has 1 fully saturated rings. The maximum Gasteiger partial charge on any atom is 0.312 e. The molecule has 0 aromatic heterocycles. The van der Waals surface area contributed by atoms with Gasteiger partial charge >= 0.3 is 5.69 Å². The summed E-state index contributed by atoms with van der Waals surface area (Å²) in [5.41, 5.74) is 4.78. The minimum absolute atomic E-state index is 0.160. The van der Waals surface area contributed by atoms with E-state index in [4.69, 9.17) is 5.73 Å². The predicted molar refractivity (Wildman–Crippen MR) is 74.6 cm³/mol. The minimum Gasteiger partial charge on any atom is -0.393 e. The Labute approximate surface area is 117 Å². The standard InChI is InChI=1S/C12H17N3O4S/c1-8(7-9-5-6-9)14-20(18,19)11-4-2-3-10(13)12(11)15(16)17/h2-4,8-9,14H,5-7,13H2,1H3. The van der Waals surface area contributed by atoms with E-state index in [0.717, 1.165) is 19.3 Å². The molecule has 1 aliphatic rings. The molecule has 0 spiro atoms. The van der Waals surface area contributed by atoms with Crippen molar-refractivity contribution in [2.75, 3.05) is 5.73 Å². The van der Waals surface area contributed by atoms with Crippen LogP contribution in [0.5, 0.6) is 0 Å². The van der Waals surface area contributed by atoms with Gasteiger partial charge in [-0.15, -0.1) is 0 Å². The highest BCUT2D eigenvalue weighted by Crippen LogP contribution is 2.34. The predicted octanol–water partition coefficient (Wildman–Crippen LogP) is 1.64. The lowest BCUT2D eigenvalue weighted by Crippen LogP contribution is -2.33. The number of nitro groups is 1. The summed E-state index contributed by atoms with van der Waals surface area (Å²) in [6, 6.07) is 3.64. The van der Waals surface area contributed by atoms with Crippen molar-refractivity contribution in [3.63, 3.8) is 0 Å². The van der Waals surface area contributed by atoms with Crippen LogP contribution in [0.15, 0.2) is 23.1 Å². The number of rotatable bonds is 6. The van der Waals surface area contributed by atoms with E-state index in [9.17, 15) is 18.5 Å². The molecule has 0 amide bonds. The molecule has 110 valence electrons. The van der Waals surface area contributed by atoms with Crippen LogP contribution >= 0.6 is 0 Å². The Morgan fingerprint density at radius 3 is 2.70 bits per heavy atom. The molecule has 1 atom stereocenters. The van der Waals surface area contributed by atoms with Gasteiger partial charge in [-0.1, -0.05) is 18.9 Å². The van der Waals surface area contributed by atoms with E-state index in [1.165, 1.54) is 18.2 Å². The number of nitrogen functional groups attached to an aromatic ring is 1. The summed E-state index contributed by atoms with van der Waals surface area (Å²) in [7, 11) is -3.95. The summed E-state index contributed by atoms with van der Waals surface area (Å²) >= 11 is 0. The van der Waals surface area contributed by atoms with Crippen molar-refractivity contribution >= 4 is 21.4 Å². The molecule has 1 unspecified atom stereocenters. The lowest BCUT2D eigenvalue weighted by molar-refractivity contribution is -0.386. The van der Waals surface area contributed by atoms with Crippen LogP contribution in [0.3, 0.4) is 0 Å². The van der Waals surface area contributed by atoms with Crippen LogP contribution in [0.4, 0.5) is 11.4 Å². The number of sulfonamides is 1. The van der Waals surface area contributed by atoms with Crippen molar-refractivity contribution in [3.05, 3.63) is 28.3 Å². The molecule has 8 heteroatoms. The van der Waals surface area contributed by atoms with Crippen molar-refractivity contribution in [3.8, 4) is 0 Å². The molecule has 0 radical (unpaired) electrons. The molecule has 0 saturated heterocycles. The first kappa shape index (κ1) is 14.7. The van der Waals surface area contributed by atoms with Gasteiger partial charge in [0, 0.05) is 6.04 Å². The number of nitrogens with one attached hydrogen (secondary N) is 1. The molecule has 1 aliphatic carbocycles. The van der Waals surface area contributed by atoms with Gasteiger partial charge in [0.05, 0.1) is 4.92 Å². The highest BCUT2D eigenvalue weighted by atomic mass is 32.2. The fraction of sp³-hybridized carbons (Fsp3) is 0.500. The lowest BCUT2D eigenvalue weighted by Gasteiger charge is -2.14. The summed E-state index contributed by atoms with van der Waals surface area (Å²) < 4.78 is 27.0. The summed E-state index contributed by atoms with van der Waals surface area (Å²) in [6.07, 6.45) is 2.98. The van der Waals surface area contributed by atoms with Gasteiger partial charge in [0.25, 0.3) is 0 Å². The van der Waals surface area contributed by atoms with Crippen LogP contribution in [-0.4, -0.2) is 19.4 Å². The van der Waals surface area contributed by atoms with E-state index < -0.39 is 20.6 Å². The first-order chi connectivity index (χ1) is 9.31. The van der Waals surface area contributed by atoms with E-state index in [2.05, 4.69) is 4.72 Å².